The van der Waals surface area contributed by atoms with Crippen LogP contribution >= 0.6 is 11.3 Å². The maximum absolute atomic E-state index is 5.29. The minimum atomic E-state index is 0.443. The Balaban J connectivity index is 2.92. The molecule has 122 valence electrons. The quantitative estimate of drug-likeness (QED) is 0.717. The monoisotopic (exact) mass is 314 g/mol. The van der Waals surface area contributed by atoms with Gasteiger partial charge in [0.1, 0.15) is 0 Å². The van der Waals surface area contributed by atoms with Crippen LogP contribution in [0.4, 0.5) is 5.13 Å². The molecule has 0 amide bonds. The van der Waals surface area contributed by atoms with Crippen LogP contribution in [0.25, 0.3) is 0 Å². The van der Waals surface area contributed by atoms with E-state index in [1.54, 1.807) is 18.4 Å². The molecule has 1 N–H and O–H groups in total. The van der Waals surface area contributed by atoms with Gasteiger partial charge in [-0.05, 0) is 34.5 Å². The van der Waals surface area contributed by atoms with Gasteiger partial charge in [-0.2, -0.15) is 0 Å². The molecule has 1 aromatic heterocycles. The number of hydrogen-bond donors (Lipinski definition) is 1. The molecule has 0 saturated carbocycles. The van der Waals surface area contributed by atoms with E-state index < -0.39 is 0 Å². The largest absolute Gasteiger partial charge is 0.378 e. The Labute approximate surface area is 133 Å². The van der Waals surface area contributed by atoms with E-state index in [2.05, 4.69) is 50.0 Å². The molecule has 21 heavy (non-hydrogen) atoms. The number of nitrogens with one attached hydrogen (secondary N) is 1. The third kappa shape index (κ3) is 5.54. The number of aromatic nitrogens is 1. The van der Waals surface area contributed by atoms with Gasteiger partial charge in [0, 0.05) is 37.7 Å². The SMILES string of the molecule is CCNCc1sc(N(CC)C(C)CN(C)C)nc1COC. The van der Waals surface area contributed by atoms with Crippen LogP contribution in [-0.4, -0.2) is 56.8 Å². The summed E-state index contributed by atoms with van der Waals surface area (Å²) in [6.07, 6.45) is 0. The molecule has 0 fully saturated rings. The first kappa shape index (κ1) is 18.4. The molecule has 0 aliphatic heterocycles. The number of anilines is 1. The molecule has 6 heteroatoms. The lowest BCUT2D eigenvalue weighted by Crippen LogP contribution is -2.40. The fourth-order valence-electron chi connectivity index (χ4n) is 2.38. The van der Waals surface area contributed by atoms with Crippen molar-refractivity contribution < 1.29 is 4.74 Å². The van der Waals surface area contributed by atoms with Gasteiger partial charge in [0.25, 0.3) is 0 Å². The smallest absolute Gasteiger partial charge is 0.186 e. The fraction of sp³-hybridized carbons (Fsp3) is 0.800. The summed E-state index contributed by atoms with van der Waals surface area (Å²) in [7, 11) is 5.95. The van der Waals surface area contributed by atoms with Crippen molar-refractivity contribution in [3.63, 3.8) is 0 Å². The highest BCUT2D eigenvalue weighted by molar-refractivity contribution is 7.15. The van der Waals surface area contributed by atoms with Crippen molar-refractivity contribution >= 4 is 16.5 Å². The topological polar surface area (TPSA) is 40.6 Å². The summed E-state index contributed by atoms with van der Waals surface area (Å²) >= 11 is 1.78. The van der Waals surface area contributed by atoms with Crippen LogP contribution in [0.2, 0.25) is 0 Å². The minimum Gasteiger partial charge on any atom is -0.378 e. The molecule has 1 unspecified atom stereocenters. The molecule has 1 aromatic rings. The molecule has 1 heterocycles. The molecule has 0 radical (unpaired) electrons. The number of likely N-dealkylation sites (N-methyl/N-ethyl adjacent to an activating group) is 2. The van der Waals surface area contributed by atoms with E-state index in [4.69, 9.17) is 9.72 Å². The Morgan fingerprint density at radius 3 is 2.57 bits per heavy atom. The molecule has 0 spiro atoms. The zero-order chi connectivity index (χ0) is 15.8. The average molecular weight is 314 g/mol. The van der Waals surface area contributed by atoms with Gasteiger partial charge in [-0.1, -0.05) is 6.92 Å². The second kappa shape index (κ2) is 9.35. The van der Waals surface area contributed by atoms with Gasteiger partial charge in [0.15, 0.2) is 5.13 Å². The number of hydrogen-bond acceptors (Lipinski definition) is 6. The van der Waals surface area contributed by atoms with Crippen LogP contribution in [-0.2, 0) is 17.9 Å². The van der Waals surface area contributed by atoms with Crippen LogP contribution < -0.4 is 10.2 Å². The first-order valence-electron chi connectivity index (χ1n) is 7.63. The van der Waals surface area contributed by atoms with Gasteiger partial charge in [0.05, 0.1) is 12.3 Å². The van der Waals surface area contributed by atoms with Crippen molar-refractivity contribution in [3.05, 3.63) is 10.6 Å². The molecular formula is C15H30N4OS. The summed E-state index contributed by atoms with van der Waals surface area (Å²) in [4.78, 5) is 10.7. The number of nitrogens with zero attached hydrogens (tertiary/aromatic N) is 3. The van der Waals surface area contributed by atoms with Crippen LogP contribution in [0, 0.1) is 0 Å². The number of rotatable bonds is 10. The Kier molecular flexibility index (Phi) is 8.18. The molecule has 1 atom stereocenters. The summed E-state index contributed by atoms with van der Waals surface area (Å²) in [5, 5.41) is 4.49. The van der Waals surface area contributed by atoms with E-state index in [1.165, 1.54) is 4.88 Å². The first-order chi connectivity index (χ1) is 10.0. The third-order valence-corrected chi connectivity index (χ3v) is 4.47. The Morgan fingerprint density at radius 1 is 1.33 bits per heavy atom. The van der Waals surface area contributed by atoms with E-state index in [0.717, 1.165) is 37.0 Å². The van der Waals surface area contributed by atoms with Crippen molar-refractivity contribution in [1.82, 2.24) is 15.2 Å². The minimum absolute atomic E-state index is 0.443. The summed E-state index contributed by atoms with van der Waals surface area (Å²) in [5.74, 6) is 0. The second-order valence-electron chi connectivity index (χ2n) is 5.48. The maximum atomic E-state index is 5.29. The predicted molar refractivity (Wildman–Crippen MR) is 91.2 cm³/mol. The fourth-order valence-corrected chi connectivity index (χ4v) is 3.58. The molecule has 0 bridgehead atoms. The summed E-state index contributed by atoms with van der Waals surface area (Å²) in [6, 6.07) is 0.443. The van der Waals surface area contributed by atoms with Gasteiger partial charge in [0.2, 0.25) is 0 Å². The highest BCUT2D eigenvalue weighted by atomic mass is 32.1. The van der Waals surface area contributed by atoms with Crippen LogP contribution in [0.3, 0.4) is 0 Å². The predicted octanol–water partition coefficient (Wildman–Crippen LogP) is 2.18. The lowest BCUT2D eigenvalue weighted by Gasteiger charge is -2.29. The Morgan fingerprint density at radius 2 is 2.05 bits per heavy atom. The van der Waals surface area contributed by atoms with Crippen LogP contribution in [0.15, 0.2) is 0 Å². The molecular weight excluding hydrogens is 284 g/mol. The van der Waals surface area contributed by atoms with Crippen molar-refractivity contribution in [3.8, 4) is 0 Å². The van der Waals surface area contributed by atoms with Crippen molar-refractivity contribution in [1.29, 1.82) is 0 Å². The number of methoxy groups -OCH3 is 1. The van der Waals surface area contributed by atoms with E-state index in [9.17, 15) is 0 Å². The second-order valence-corrected chi connectivity index (χ2v) is 6.54. The van der Waals surface area contributed by atoms with E-state index in [-0.39, 0.29) is 0 Å². The van der Waals surface area contributed by atoms with Crippen LogP contribution in [0.1, 0.15) is 31.3 Å². The van der Waals surface area contributed by atoms with Gasteiger partial charge in [-0.3, -0.25) is 0 Å². The average Bonchev–Trinajstić information content (AvgIpc) is 2.79. The lowest BCUT2D eigenvalue weighted by atomic mass is 10.3. The molecule has 0 aromatic carbocycles. The molecule has 0 aliphatic rings. The van der Waals surface area contributed by atoms with E-state index in [0.29, 0.717) is 12.6 Å². The maximum Gasteiger partial charge on any atom is 0.186 e. The third-order valence-electron chi connectivity index (χ3n) is 3.33. The van der Waals surface area contributed by atoms with Crippen LogP contribution in [0.5, 0.6) is 0 Å². The van der Waals surface area contributed by atoms with E-state index in [1.807, 2.05) is 0 Å². The van der Waals surface area contributed by atoms with Gasteiger partial charge >= 0.3 is 0 Å². The standard InChI is InChI=1S/C15H30N4OS/c1-7-16-9-14-13(11-20-6)17-15(21-14)19(8-2)12(3)10-18(4)5/h12,16H,7-11H2,1-6H3. The zero-order valence-corrected chi connectivity index (χ0v) is 15.1. The summed E-state index contributed by atoms with van der Waals surface area (Å²) < 4.78 is 5.29. The van der Waals surface area contributed by atoms with E-state index >= 15 is 0 Å². The summed E-state index contributed by atoms with van der Waals surface area (Å²) in [6.45, 7) is 11.0. The normalized spacial score (nSPS) is 12.9. The highest BCUT2D eigenvalue weighted by Crippen LogP contribution is 2.28. The molecule has 0 aliphatic carbocycles. The molecule has 5 nitrogen and oxygen atoms in total. The first-order valence-corrected chi connectivity index (χ1v) is 8.44. The Bertz CT molecular complexity index is 408. The molecule has 1 rings (SSSR count). The summed E-state index contributed by atoms with van der Waals surface area (Å²) in [5.41, 5.74) is 1.06. The van der Waals surface area contributed by atoms with Crippen molar-refractivity contribution in [2.45, 2.75) is 40.0 Å². The lowest BCUT2D eigenvalue weighted by molar-refractivity contribution is 0.181. The van der Waals surface area contributed by atoms with Gasteiger partial charge < -0.3 is 19.9 Å². The van der Waals surface area contributed by atoms with Gasteiger partial charge in [-0.15, -0.1) is 11.3 Å². The number of thiazole rings is 1. The number of ether oxygens (including phenoxy) is 1. The van der Waals surface area contributed by atoms with Crippen molar-refractivity contribution in [2.24, 2.45) is 0 Å². The Hall–Kier alpha value is -0.690. The molecule has 0 saturated heterocycles. The zero-order valence-electron chi connectivity index (χ0n) is 14.3. The van der Waals surface area contributed by atoms with Gasteiger partial charge in [-0.25, -0.2) is 4.98 Å². The van der Waals surface area contributed by atoms with Crippen molar-refractivity contribution in [2.75, 3.05) is 45.7 Å². The highest BCUT2D eigenvalue weighted by Gasteiger charge is 2.19.